The van der Waals surface area contributed by atoms with Gasteiger partial charge < -0.3 is 24.5 Å². The Kier molecular flexibility index (Phi) is 6.59. The van der Waals surface area contributed by atoms with Gasteiger partial charge in [-0.1, -0.05) is 6.07 Å². The molecule has 0 fully saturated rings. The van der Waals surface area contributed by atoms with E-state index in [0.717, 1.165) is 5.56 Å². The number of aromatic amines is 1. The van der Waals surface area contributed by atoms with Gasteiger partial charge in [0.1, 0.15) is 6.61 Å². The van der Waals surface area contributed by atoms with E-state index in [1.807, 2.05) is 19.1 Å². The zero-order valence-corrected chi connectivity index (χ0v) is 14.5. The Bertz CT molecular complexity index is 752. The monoisotopic (exact) mass is 346 g/mol. The third-order valence-electron chi connectivity index (χ3n) is 3.63. The van der Waals surface area contributed by atoms with Gasteiger partial charge in [-0.05, 0) is 30.7 Å². The highest BCUT2D eigenvalue weighted by Gasteiger charge is 2.14. The fraction of sp³-hybridized carbons (Fsp3) is 0.333. The second-order valence-corrected chi connectivity index (χ2v) is 5.39. The average molecular weight is 346 g/mol. The molecule has 1 atom stereocenters. The molecule has 134 valence electrons. The standard InChI is InChI=1S/C18H22N2O5/c1-12(20-18(22)14-5-7-17(21)19-11-14)13-4-6-15(16(10-13)24-3)25-9-8-23-2/h4-7,10-12H,8-9H2,1-3H3,(H,19,21)(H,20,22). The summed E-state index contributed by atoms with van der Waals surface area (Å²) in [5.41, 5.74) is 1.00. The first-order chi connectivity index (χ1) is 12.0. The zero-order chi connectivity index (χ0) is 18.2. The van der Waals surface area contributed by atoms with Gasteiger partial charge >= 0.3 is 0 Å². The molecule has 1 unspecified atom stereocenters. The quantitative estimate of drug-likeness (QED) is 0.713. The summed E-state index contributed by atoms with van der Waals surface area (Å²) in [4.78, 5) is 25.8. The second-order valence-electron chi connectivity index (χ2n) is 5.39. The lowest BCUT2D eigenvalue weighted by atomic mass is 10.1. The fourth-order valence-corrected chi connectivity index (χ4v) is 2.22. The molecule has 2 rings (SSSR count). The van der Waals surface area contributed by atoms with Crippen molar-refractivity contribution >= 4 is 5.91 Å². The SMILES string of the molecule is COCCOc1ccc(C(C)NC(=O)c2ccc(=O)[nH]c2)cc1OC. The molecule has 0 aliphatic carbocycles. The van der Waals surface area contributed by atoms with Crippen LogP contribution in [0.4, 0.5) is 0 Å². The minimum absolute atomic E-state index is 0.249. The molecule has 0 aliphatic heterocycles. The molecule has 0 saturated heterocycles. The number of aromatic nitrogens is 1. The van der Waals surface area contributed by atoms with Crippen LogP contribution < -0.4 is 20.3 Å². The number of hydrogen-bond acceptors (Lipinski definition) is 5. The Hall–Kier alpha value is -2.80. The predicted molar refractivity (Wildman–Crippen MR) is 93.3 cm³/mol. The van der Waals surface area contributed by atoms with E-state index in [2.05, 4.69) is 10.3 Å². The number of carbonyl (C=O) groups excluding carboxylic acids is 1. The molecule has 2 N–H and O–H groups in total. The smallest absolute Gasteiger partial charge is 0.253 e. The third-order valence-corrected chi connectivity index (χ3v) is 3.63. The van der Waals surface area contributed by atoms with Gasteiger partial charge in [0, 0.05) is 19.4 Å². The van der Waals surface area contributed by atoms with Gasteiger partial charge in [0.05, 0.1) is 25.3 Å². The normalized spacial score (nSPS) is 11.6. The van der Waals surface area contributed by atoms with Crippen molar-refractivity contribution in [3.05, 3.63) is 58.0 Å². The van der Waals surface area contributed by atoms with Crippen LogP contribution >= 0.6 is 0 Å². The van der Waals surface area contributed by atoms with Crippen LogP contribution in [0.2, 0.25) is 0 Å². The van der Waals surface area contributed by atoms with Gasteiger partial charge in [0.25, 0.3) is 5.91 Å². The number of pyridine rings is 1. The summed E-state index contributed by atoms with van der Waals surface area (Å²) in [6, 6.07) is 8.03. The second kappa shape index (κ2) is 8.89. The van der Waals surface area contributed by atoms with Crippen molar-refractivity contribution in [2.45, 2.75) is 13.0 Å². The number of amides is 1. The molecule has 0 aliphatic rings. The molecule has 2 aromatic rings. The lowest BCUT2D eigenvalue weighted by molar-refractivity contribution is 0.0939. The molecular weight excluding hydrogens is 324 g/mol. The van der Waals surface area contributed by atoms with Crippen LogP contribution in [0, 0.1) is 0 Å². The fourth-order valence-electron chi connectivity index (χ4n) is 2.22. The van der Waals surface area contributed by atoms with Crippen LogP contribution in [-0.4, -0.2) is 38.3 Å². The van der Waals surface area contributed by atoms with Crippen LogP contribution in [0.5, 0.6) is 11.5 Å². The molecule has 0 spiro atoms. The van der Waals surface area contributed by atoms with E-state index in [1.165, 1.54) is 18.3 Å². The van der Waals surface area contributed by atoms with Gasteiger partial charge in [-0.15, -0.1) is 0 Å². The molecule has 1 heterocycles. The molecule has 1 aromatic carbocycles. The maximum absolute atomic E-state index is 12.2. The molecule has 7 heteroatoms. The van der Waals surface area contributed by atoms with Crippen molar-refractivity contribution < 1.29 is 19.0 Å². The number of ether oxygens (including phenoxy) is 3. The Morgan fingerprint density at radius 2 is 1.96 bits per heavy atom. The lowest BCUT2D eigenvalue weighted by Gasteiger charge is -2.17. The molecule has 1 aromatic heterocycles. The summed E-state index contributed by atoms with van der Waals surface area (Å²) < 4.78 is 15.9. The number of nitrogens with one attached hydrogen (secondary N) is 2. The first kappa shape index (κ1) is 18.5. The minimum atomic E-state index is -0.275. The van der Waals surface area contributed by atoms with Crippen LogP contribution in [0.3, 0.4) is 0 Å². The highest BCUT2D eigenvalue weighted by molar-refractivity contribution is 5.94. The van der Waals surface area contributed by atoms with Crippen molar-refractivity contribution in [1.29, 1.82) is 0 Å². The van der Waals surface area contributed by atoms with E-state index in [9.17, 15) is 9.59 Å². The Labute approximate surface area is 145 Å². The first-order valence-corrected chi connectivity index (χ1v) is 7.84. The third kappa shape index (κ3) is 5.09. The van der Waals surface area contributed by atoms with Gasteiger partial charge in [-0.3, -0.25) is 9.59 Å². The van der Waals surface area contributed by atoms with E-state index >= 15 is 0 Å². The number of H-pyrrole nitrogens is 1. The number of carbonyl (C=O) groups is 1. The van der Waals surface area contributed by atoms with Crippen LogP contribution in [0.1, 0.15) is 28.9 Å². The Balaban J connectivity index is 2.07. The maximum atomic E-state index is 12.2. The predicted octanol–water partition coefficient (Wildman–Crippen LogP) is 1.90. The first-order valence-electron chi connectivity index (χ1n) is 7.84. The van der Waals surface area contributed by atoms with Crippen molar-refractivity contribution in [3.8, 4) is 11.5 Å². The topological polar surface area (TPSA) is 89.6 Å². The zero-order valence-electron chi connectivity index (χ0n) is 14.5. The number of methoxy groups -OCH3 is 2. The van der Waals surface area contributed by atoms with Crippen molar-refractivity contribution in [2.24, 2.45) is 0 Å². The molecule has 0 radical (unpaired) electrons. The summed E-state index contributed by atoms with van der Waals surface area (Å²) in [7, 11) is 3.17. The molecule has 1 amide bonds. The van der Waals surface area contributed by atoms with Gasteiger partial charge in [-0.25, -0.2) is 0 Å². The largest absolute Gasteiger partial charge is 0.493 e. The van der Waals surface area contributed by atoms with Gasteiger partial charge in [-0.2, -0.15) is 0 Å². The Morgan fingerprint density at radius 3 is 2.60 bits per heavy atom. The number of benzene rings is 1. The Morgan fingerprint density at radius 1 is 1.16 bits per heavy atom. The number of hydrogen-bond donors (Lipinski definition) is 2. The number of rotatable bonds is 8. The van der Waals surface area contributed by atoms with Crippen LogP contribution in [0.25, 0.3) is 0 Å². The van der Waals surface area contributed by atoms with Crippen molar-refractivity contribution in [2.75, 3.05) is 27.4 Å². The lowest BCUT2D eigenvalue weighted by Crippen LogP contribution is -2.27. The highest BCUT2D eigenvalue weighted by Crippen LogP contribution is 2.30. The van der Waals surface area contributed by atoms with Crippen molar-refractivity contribution in [1.82, 2.24) is 10.3 Å². The molecule has 7 nitrogen and oxygen atoms in total. The maximum Gasteiger partial charge on any atom is 0.253 e. The van der Waals surface area contributed by atoms with Gasteiger partial charge in [0.15, 0.2) is 11.5 Å². The highest BCUT2D eigenvalue weighted by atomic mass is 16.5. The van der Waals surface area contributed by atoms with E-state index in [0.29, 0.717) is 30.3 Å². The van der Waals surface area contributed by atoms with Crippen molar-refractivity contribution in [3.63, 3.8) is 0 Å². The van der Waals surface area contributed by atoms with Crippen LogP contribution in [0.15, 0.2) is 41.3 Å². The minimum Gasteiger partial charge on any atom is -0.493 e. The van der Waals surface area contributed by atoms with E-state index < -0.39 is 0 Å². The summed E-state index contributed by atoms with van der Waals surface area (Å²) in [6.07, 6.45) is 1.39. The molecular formula is C18H22N2O5. The summed E-state index contributed by atoms with van der Waals surface area (Å²) in [5, 5.41) is 2.88. The molecule has 25 heavy (non-hydrogen) atoms. The average Bonchev–Trinajstić information content (AvgIpc) is 2.62. The van der Waals surface area contributed by atoms with Gasteiger partial charge in [0.2, 0.25) is 5.56 Å². The molecule has 0 saturated carbocycles. The summed E-state index contributed by atoms with van der Waals surface area (Å²) in [6.45, 7) is 2.77. The molecule has 0 bridgehead atoms. The van der Waals surface area contributed by atoms with Crippen LogP contribution in [-0.2, 0) is 4.74 Å². The van der Waals surface area contributed by atoms with E-state index in [4.69, 9.17) is 14.2 Å². The summed E-state index contributed by atoms with van der Waals surface area (Å²) in [5.74, 6) is 0.921. The van der Waals surface area contributed by atoms with E-state index in [-0.39, 0.29) is 17.5 Å². The summed E-state index contributed by atoms with van der Waals surface area (Å²) >= 11 is 0. The van der Waals surface area contributed by atoms with E-state index in [1.54, 1.807) is 20.3 Å².